The molecule has 12 heavy (non-hydrogen) atoms. The topological polar surface area (TPSA) is 17.1 Å². The van der Waals surface area contributed by atoms with Gasteiger partial charge in [0.2, 0.25) is 5.43 Å². The Hall–Kier alpha value is 0.0500. The smallest absolute Gasteiger partial charge is 0.217 e. The maximum Gasteiger partial charge on any atom is 0.217 e. The molecule has 1 aromatic carbocycles. The second-order valence-electron chi connectivity index (χ2n) is 2.01. The lowest BCUT2D eigenvalue weighted by atomic mass is 10.5. The largest absolute Gasteiger partial charge is 0.287 e. The number of hydrogen-bond donors (Lipinski definition) is 0. The van der Waals surface area contributed by atoms with Gasteiger partial charge in [0.1, 0.15) is 5.02 Å². The molecular weight excluding hydrogens is 242 g/mol. The fourth-order valence-electron chi connectivity index (χ4n) is 0.626. The van der Waals surface area contributed by atoms with Gasteiger partial charge in [0.15, 0.2) is 0 Å². The third-order valence-corrected chi connectivity index (χ3v) is 2.42. The van der Waals surface area contributed by atoms with Gasteiger partial charge < -0.3 is 0 Å². The Morgan fingerprint density at radius 3 is 2.00 bits per heavy atom. The molecule has 1 aromatic rings. The fourth-order valence-corrected chi connectivity index (χ4v) is 1.58. The van der Waals surface area contributed by atoms with Crippen molar-refractivity contribution in [2.75, 3.05) is 0 Å². The Morgan fingerprint density at radius 1 is 0.917 bits per heavy atom. The summed E-state index contributed by atoms with van der Waals surface area (Å²) in [7, 11) is 0. The molecule has 1 rings (SSSR count). The molecule has 0 aliphatic rings. The molecule has 5 heteroatoms. The predicted molar refractivity (Wildman–Crippen MR) is 52.8 cm³/mol. The van der Waals surface area contributed by atoms with Gasteiger partial charge in [0.05, 0.1) is 10.0 Å². The van der Waals surface area contributed by atoms with Gasteiger partial charge in [0, 0.05) is 5.02 Å². The zero-order valence-electron chi connectivity index (χ0n) is 5.57. The average Bonchev–Trinajstić information content (AvgIpc) is 2.05. The van der Waals surface area contributed by atoms with Gasteiger partial charge in [-0.15, -0.1) is 0 Å². The Bertz CT molecular complexity index is 375. The molecule has 0 atom stereocenters. The quantitative estimate of drug-likeness (QED) is 0.680. The molecule has 0 aliphatic heterocycles. The van der Waals surface area contributed by atoms with E-state index in [0.717, 1.165) is 0 Å². The van der Waals surface area contributed by atoms with Crippen molar-refractivity contribution in [1.82, 2.24) is 0 Å². The van der Waals surface area contributed by atoms with Gasteiger partial charge in [0.25, 0.3) is 0 Å². The molecule has 0 fully saturated rings. The van der Waals surface area contributed by atoms with E-state index < -0.39 is 5.43 Å². The van der Waals surface area contributed by atoms with Gasteiger partial charge in [-0.25, -0.2) is 0 Å². The maximum atomic E-state index is 11.1. The molecule has 64 valence electrons. The highest BCUT2D eigenvalue weighted by Gasteiger charge is 2.05. The van der Waals surface area contributed by atoms with Crippen molar-refractivity contribution in [3.8, 4) is 0 Å². The third-order valence-electron chi connectivity index (χ3n) is 1.16. The Morgan fingerprint density at radius 2 is 1.42 bits per heavy atom. The first-order valence-corrected chi connectivity index (χ1v) is 4.38. The van der Waals surface area contributed by atoms with Crippen molar-refractivity contribution in [2.24, 2.45) is 0 Å². The van der Waals surface area contributed by atoms with Crippen LogP contribution in [0.1, 0.15) is 0 Å². The molecule has 0 saturated heterocycles. The minimum Gasteiger partial charge on any atom is -0.287 e. The van der Waals surface area contributed by atoms with E-state index in [1.54, 1.807) is 0 Å². The maximum absolute atomic E-state index is 11.1. The lowest BCUT2D eigenvalue weighted by Crippen LogP contribution is -1.97. The highest BCUT2D eigenvalue weighted by molar-refractivity contribution is 6.43. The lowest BCUT2D eigenvalue weighted by molar-refractivity contribution is 1.67. The molecule has 0 aliphatic carbocycles. The summed E-state index contributed by atoms with van der Waals surface area (Å²) in [6, 6.07) is 2.65. The molecule has 0 aromatic heterocycles. The first kappa shape index (κ1) is 10.1. The molecular formula is C7H2Cl4O. The molecule has 0 unspecified atom stereocenters. The van der Waals surface area contributed by atoms with Crippen LogP contribution in [0.2, 0.25) is 20.1 Å². The summed E-state index contributed by atoms with van der Waals surface area (Å²) in [6.07, 6.45) is 0. The summed E-state index contributed by atoms with van der Waals surface area (Å²) < 4.78 is 0. The first-order chi connectivity index (χ1) is 5.52. The second kappa shape index (κ2) is 3.84. The Kier molecular flexibility index (Phi) is 3.24. The molecule has 0 spiro atoms. The summed E-state index contributed by atoms with van der Waals surface area (Å²) >= 11 is 22.3. The monoisotopic (exact) mass is 242 g/mol. The highest BCUT2D eigenvalue weighted by atomic mass is 35.5. The van der Waals surface area contributed by atoms with E-state index in [9.17, 15) is 4.79 Å². The number of halogens is 4. The standard InChI is InChI=1S/C7H2Cl4O/c8-3-1-4(9)6(11)7(12)5(10)2-3/h1-2H. The molecule has 0 saturated carbocycles. The normalized spacial score (nSPS) is 10.0. The third kappa shape index (κ3) is 2.05. The minimum atomic E-state index is -0.518. The molecule has 0 N–H and O–H groups in total. The van der Waals surface area contributed by atoms with Crippen LogP contribution in [0.25, 0.3) is 0 Å². The van der Waals surface area contributed by atoms with Crippen LogP contribution in [0.4, 0.5) is 0 Å². The van der Waals surface area contributed by atoms with E-state index in [-0.39, 0.29) is 20.1 Å². The first-order valence-electron chi connectivity index (χ1n) is 2.86. The van der Waals surface area contributed by atoms with Crippen LogP contribution in [0.3, 0.4) is 0 Å². The number of hydrogen-bond acceptors (Lipinski definition) is 1. The average molecular weight is 244 g/mol. The predicted octanol–water partition coefficient (Wildman–Crippen LogP) is 3.66. The van der Waals surface area contributed by atoms with Crippen LogP contribution in [0, 0.1) is 0 Å². The van der Waals surface area contributed by atoms with Crippen molar-refractivity contribution >= 4 is 46.4 Å². The van der Waals surface area contributed by atoms with Gasteiger partial charge in [-0.1, -0.05) is 46.4 Å². The molecule has 0 radical (unpaired) electrons. The van der Waals surface area contributed by atoms with Crippen molar-refractivity contribution in [3.05, 3.63) is 42.4 Å². The van der Waals surface area contributed by atoms with Crippen LogP contribution < -0.4 is 5.43 Å². The van der Waals surface area contributed by atoms with E-state index in [0.29, 0.717) is 0 Å². The van der Waals surface area contributed by atoms with E-state index in [1.165, 1.54) is 12.1 Å². The minimum absolute atomic E-state index is 0.0445. The second-order valence-corrected chi connectivity index (χ2v) is 3.64. The van der Waals surface area contributed by atoms with E-state index >= 15 is 0 Å². The summed E-state index contributed by atoms with van der Waals surface area (Å²) in [6.45, 7) is 0. The molecule has 0 bridgehead atoms. The van der Waals surface area contributed by atoms with Crippen molar-refractivity contribution in [3.63, 3.8) is 0 Å². The van der Waals surface area contributed by atoms with Crippen LogP contribution in [0.15, 0.2) is 16.9 Å². The Balaban J connectivity index is 3.69. The Labute approximate surface area is 88.8 Å². The SMILES string of the molecule is O=c1c(Cl)cc(Cl)cc(Cl)c1Cl. The summed E-state index contributed by atoms with van der Waals surface area (Å²) in [5, 5.41) is 0.207. The molecule has 0 amide bonds. The zero-order chi connectivity index (χ0) is 9.30. The van der Waals surface area contributed by atoms with Gasteiger partial charge in [-0.3, -0.25) is 4.79 Å². The van der Waals surface area contributed by atoms with E-state index in [2.05, 4.69) is 0 Å². The van der Waals surface area contributed by atoms with Crippen LogP contribution in [0.5, 0.6) is 0 Å². The summed E-state index contributed by atoms with van der Waals surface area (Å²) in [4.78, 5) is 11.1. The summed E-state index contributed by atoms with van der Waals surface area (Å²) in [5.74, 6) is 0. The van der Waals surface area contributed by atoms with E-state index in [4.69, 9.17) is 46.4 Å². The van der Waals surface area contributed by atoms with Crippen molar-refractivity contribution in [2.45, 2.75) is 0 Å². The zero-order valence-corrected chi connectivity index (χ0v) is 8.60. The van der Waals surface area contributed by atoms with Gasteiger partial charge in [-0.2, -0.15) is 0 Å². The van der Waals surface area contributed by atoms with Crippen LogP contribution in [-0.4, -0.2) is 0 Å². The number of rotatable bonds is 0. The highest BCUT2D eigenvalue weighted by Crippen LogP contribution is 2.22. The van der Waals surface area contributed by atoms with Crippen LogP contribution >= 0.6 is 46.4 Å². The lowest BCUT2D eigenvalue weighted by Gasteiger charge is -1.83. The molecule has 1 nitrogen and oxygen atoms in total. The van der Waals surface area contributed by atoms with Gasteiger partial charge in [-0.05, 0) is 12.1 Å². The van der Waals surface area contributed by atoms with Crippen molar-refractivity contribution < 1.29 is 0 Å². The van der Waals surface area contributed by atoms with Crippen molar-refractivity contribution in [1.29, 1.82) is 0 Å². The fraction of sp³-hybridized carbons (Fsp3) is 0. The van der Waals surface area contributed by atoms with Crippen LogP contribution in [-0.2, 0) is 0 Å². The summed E-state index contributed by atoms with van der Waals surface area (Å²) in [5.41, 5.74) is -0.518. The van der Waals surface area contributed by atoms with Gasteiger partial charge >= 0.3 is 0 Å². The van der Waals surface area contributed by atoms with E-state index in [1.807, 2.05) is 0 Å². The molecule has 0 heterocycles.